The summed E-state index contributed by atoms with van der Waals surface area (Å²) in [6.45, 7) is 1.44. The predicted molar refractivity (Wildman–Crippen MR) is 31.8 cm³/mol. The van der Waals surface area contributed by atoms with E-state index in [1.54, 1.807) is 0 Å². The van der Waals surface area contributed by atoms with Crippen molar-refractivity contribution in [1.82, 2.24) is 6.15 Å². The molecule has 0 atom stereocenters. The molecule has 0 saturated heterocycles. The summed E-state index contributed by atoms with van der Waals surface area (Å²) in [6, 6.07) is 0. The van der Waals surface area contributed by atoms with Crippen LogP contribution in [0.2, 0.25) is 0 Å². The molecule has 0 aromatic carbocycles. The lowest BCUT2D eigenvalue weighted by Crippen LogP contribution is -2.01. The van der Waals surface area contributed by atoms with Gasteiger partial charge in [0.1, 0.15) is 0 Å². The van der Waals surface area contributed by atoms with Crippen molar-refractivity contribution in [2.45, 2.75) is 6.92 Å². The van der Waals surface area contributed by atoms with Crippen LogP contribution in [-0.4, -0.2) is 25.1 Å². The first-order chi connectivity index (χ1) is 3.06. The van der Waals surface area contributed by atoms with Crippen molar-refractivity contribution in [2.75, 3.05) is 6.61 Å². The van der Waals surface area contributed by atoms with E-state index in [1.165, 1.54) is 6.92 Å². The lowest BCUT2D eigenvalue weighted by atomic mass is 10.9. The molecular weight excluding hydrogens is 150 g/mol. The Morgan fingerprint density at radius 1 is 1.56 bits per heavy atom. The third kappa shape index (κ3) is 18.2. The monoisotopic (exact) mass is 161 g/mol. The third-order valence-corrected chi connectivity index (χ3v) is 0.800. The Labute approximate surface area is 53.7 Å². The predicted octanol–water partition coefficient (Wildman–Crippen LogP) is -0.837. The second-order valence-electron chi connectivity index (χ2n) is 0.834. The summed E-state index contributed by atoms with van der Waals surface area (Å²) >= 11 is 0. The van der Waals surface area contributed by atoms with Crippen LogP contribution in [0, 0.1) is 0 Å². The van der Waals surface area contributed by atoms with Crippen LogP contribution in [0.3, 0.4) is 0 Å². The van der Waals surface area contributed by atoms with Crippen molar-refractivity contribution >= 4 is 10.4 Å². The summed E-state index contributed by atoms with van der Waals surface area (Å²) in [5.41, 5.74) is 0. The smallest absolute Gasteiger partial charge is 0.397 e. The molecule has 0 radical (unpaired) electrons. The van der Waals surface area contributed by atoms with Crippen LogP contribution >= 0.6 is 0 Å². The lowest BCUT2D eigenvalue weighted by molar-refractivity contribution is 0.283. The van der Waals surface area contributed by atoms with Gasteiger partial charge in [0, 0.05) is 0 Å². The van der Waals surface area contributed by atoms with Gasteiger partial charge in [0.25, 0.3) is 0 Å². The van der Waals surface area contributed by atoms with Gasteiger partial charge in [-0.1, -0.05) is 0 Å². The van der Waals surface area contributed by atoms with Crippen LogP contribution in [0.5, 0.6) is 0 Å². The van der Waals surface area contributed by atoms with Crippen LogP contribution in [0.15, 0.2) is 0 Å². The molecule has 0 fully saturated rings. The fourth-order valence-electron chi connectivity index (χ4n) is 0.149. The van der Waals surface area contributed by atoms with E-state index in [-0.39, 0.29) is 18.2 Å². The Bertz CT molecular complexity index is 128. The van der Waals surface area contributed by atoms with Crippen LogP contribution in [0.4, 0.5) is 0 Å². The molecule has 0 aliphatic carbocycles. The molecule has 0 aromatic rings. The summed E-state index contributed by atoms with van der Waals surface area (Å²) in [7, 11) is -4.17. The molecule has 0 heterocycles. The van der Waals surface area contributed by atoms with Crippen LogP contribution in [0.25, 0.3) is 0 Å². The molecule has 0 spiro atoms. The van der Waals surface area contributed by atoms with Gasteiger partial charge in [0.15, 0.2) is 0 Å². The molecule has 0 saturated carbocycles. The fourth-order valence-corrected chi connectivity index (χ4v) is 0.447. The number of hydrogen-bond donors (Lipinski definition) is 2. The summed E-state index contributed by atoms with van der Waals surface area (Å²) in [6.07, 6.45) is 0. The topological polar surface area (TPSA) is 130 Å². The first-order valence-corrected chi connectivity index (χ1v) is 3.04. The zero-order chi connectivity index (χ0) is 5.91. The van der Waals surface area contributed by atoms with Crippen molar-refractivity contribution in [2.24, 2.45) is 0 Å². The first-order valence-electron chi connectivity index (χ1n) is 1.68. The molecule has 6 nitrogen and oxygen atoms in total. The van der Waals surface area contributed by atoms with E-state index in [0.717, 1.165) is 0 Å². The molecule has 9 heavy (non-hydrogen) atoms. The van der Waals surface area contributed by atoms with Gasteiger partial charge in [-0.2, -0.15) is 8.42 Å². The summed E-state index contributed by atoms with van der Waals surface area (Å²) in [5.74, 6) is 0. The largest absolute Gasteiger partial charge is 0.412 e. The SMILES string of the molecule is CCOS(=O)(=O)O.N.O. The van der Waals surface area contributed by atoms with E-state index in [2.05, 4.69) is 4.18 Å². The van der Waals surface area contributed by atoms with Gasteiger partial charge in [-0.15, -0.1) is 0 Å². The van der Waals surface area contributed by atoms with Gasteiger partial charge in [-0.25, -0.2) is 4.18 Å². The quantitative estimate of drug-likeness (QED) is 0.510. The number of hydrogen-bond acceptors (Lipinski definition) is 4. The maximum Gasteiger partial charge on any atom is 0.397 e. The van der Waals surface area contributed by atoms with E-state index >= 15 is 0 Å². The minimum absolute atomic E-state index is 0. The maximum absolute atomic E-state index is 9.56. The van der Waals surface area contributed by atoms with Crippen molar-refractivity contribution in [3.8, 4) is 0 Å². The molecule has 0 amide bonds. The molecule has 0 unspecified atom stereocenters. The minimum Gasteiger partial charge on any atom is -0.412 e. The minimum atomic E-state index is -4.17. The van der Waals surface area contributed by atoms with Gasteiger partial charge in [-0.05, 0) is 6.92 Å². The zero-order valence-electron chi connectivity index (χ0n) is 4.99. The van der Waals surface area contributed by atoms with E-state index in [0.29, 0.717) is 0 Å². The highest BCUT2D eigenvalue weighted by molar-refractivity contribution is 7.80. The van der Waals surface area contributed by atoms with Crippen molar-refractivity contribution in [3.63, 3.8) is 0 Å². The first kappa shape index (κ1) is 15.9. The highest BCUT2D eigenvalue weighted by Gasteiger charge is 1.98. The zero-order valence-corrected chi connectivity index (χ0v) is 5.81. The molecular formula is C2H11NO5S. The molecule has 0 rings (SSSR count). The highest BCUT2D eigenvalue weighted by Crippen LogP contribution is 1.81. The van der Waals surface area contributed by atoms with E-state index in [4.69, 9.17) is 4.55 Å². The average Bonchev–Trinajstić information content (AvgIpc) is 1.30. The molecule has 0 aliphatic rings. The Kier molecular flexibility index (Phi) is 10.5. The second-order valence-corrected chi connectivity index (χ2v) is 1.93. The van der Waals surface area contributed by atoms with E-state index < -0.39 is 10.4 Å². The summed E-state index contributed by atoms with van der Waals surface area (Å²) < 4.78 is 30.7. The van der Waals surface area contributed by atoms with Crippen LogP contribution in [-0.2, 0) is 14.6 Å². The Morgan fingerprint density at radius 2 is 1.89 bits per heavy atom. The second kappa shape index (κ2) is 5.92. The van der Waals surface area contributed by atoms with Crippen molar-refractivity contribution in [1.29, 1.82) is 0 Å². The molecule has 6 N–H and O–H groups in total. The Balaban J connectivity index is -0.000000180. The van der Waals surface area contributed by atoms with Gasteiger partial charge in [-0.3, -0.25) is 4.55 Å². The van der Waals surface area contributed by atoms with Gasteiger partial charge in [0.2, 0.25) is 0 Å². The average molecular weight is 161 g/mol. The molecule has 60 valence electrons. The maximum atomic E-state index is 9.56. The van der Waals surface area contributed by atoms with Gasteiger partial charge in [0.05, 0.1) is 6.61 Å². The molecule has 0 aromatic heterocycles. The third-order valence-electron chi connectivity index (χ3n) is 0.267. The van der Waals surface area contributed by atoms with E-state index in [1.807, 2.05) is 0 Å². The van der Waals surface area contributed by atoms with Crippen LogP contribution < -0.4 is 6.15 Å². The van der Waals surface area contributed by atoms with Crippen molar-refractivity contribution < 1.29 is 22.6 Å². The number of rotatable bonds is 2. The Morgan fingerprint density at radius 3 is 1.89 bits per heavy atom. The standard InChI is InChI=1S/C2H6O4S.H3N.H2O/c1-2-6-7(3,4)5;;/h2H2,1H3,(H,3,4,5);1H3;1H2. The molecule has 0 bridgehead atoms. The van der Waals surface area contributed by atoms with E-state index in [9.17, 15) is 8.42 Å². The highest BCUT2D eigenvalue weighted by atomic mass is 32.3. The summed E-state index contributed by atoms with van der Waals surface area (Å²) in [4.78, 5) is 0. The van der Waals surface area contributed by atoms with Gasteiger partial charge < -0.3 is 11.6 Å². The Hall–Kier alpha value is -0.210. The molecule has 7 heteroatoms. The van der Waals surface area contributed by atoms with Crippen LogP contribution in [0.1, 0.15) is 6.92 Å². The normalized spacial score (nSPS) is 9.11. The molecule has 0 aliphatic heterocycles. The summed E-state index contributed by atoms with van der Waals surface area (Å²) in [5, 5.41) is 0. The fraction of sp³-hybridized carbons (Fsp3) is 1.00. The van der Waals surface area contributed by atoms with Gasteiger partial charge >= 0.3 is 10.4 Å². The van der Waals surface area contributed by atoms with Crippen molar-refractivity contribution in [3.05, 3.63) is 0 Å². The lowest BCUT2D eigenvalue weighted by Gasteiger charge is -1.88.